The maximum Gasteiger partial charge on any atom is 0.248 e. The second kappa shape index (κ2) is 9.10. The van der Waals surface area contributed by atoms with E-state index in [1.54, 1.807) is 54.1 Å². The van der Waals surface area contributed by atoms with E-state index in [1.165, 1.54) is 6.08 Å². The van der Waals surface area contributed by atoms with Gasteiger partial charge in [0.2, 0.25) is 11.8 Å². The van der Waals surface area contributed by atoms with Gasteiger partial charge in [-0.05, 0) is 42.0 Å². The van der Waals surface area contributed by atoms with E-state index in [0.29, 0.717) is 17.3 Å². The molecule has 0 spiro atoms. The number of hydrogen-bond acceptors (Lipinski definition) is 4. The summed E-state index contributed by atoms with van der Waals surface area (Å²) in [6.45, 7) is 0. The number of carbonyl (C=O) groups excluding carboxylic acids is 2. The molecule has 1 aliphatic rings. The fraction of sp³-hybridized carbons (Fsp3) is 0.200. The van der Waals surface area contributed by atoms with Gasteiger partial charge in [0.15, 0.2) is 0 Å². The Morgan fingerprint density at radius 2 is 1.96 bits per heavy atom. The third-order valence-corrected chi connectivity index (χ3v) is 5.87. The molecule has 1 heterocycles. The molecule has 1 fully saturated rings. The number of anilines is 1. The molecule has 0 aromatic heterocycles. The zero-order valence-electron chi connectivity index (χ0n) is 14.7. The van der Waals surface area contributed by atoms with Crippen molar-refractivity contribution in [3.05, 3.63) is 64.6 Å². The van der Waals surface area contributed by atoms with Crippen molar-refractivity contribution in [3.63, 3.8) is 0 Å². The molecule has 7 heteroatoms. The summed E-state index contributed by atoms with van der Waals surface area (Å²) in [6, 6.07) is 14.3. The Bertz CT molecular complexity index is 855. The molecule has 0 aliphatic carbocycles. The largest absolute Gasteiger partial charge is 0.497 e. The molecule has 0 saturated carbocycles. The minimum absolute atomic E-state index is 0.175. The van der Waals surface area contributed by atoms with Crippen LogP contribution in [0.15, 0.2) is 59.1 Å². The van der Waals surface area contributed by atoms with E-state index >= 15 is 0 Å². The Morgan fingerprint density at radius 3 is 2.67 bits per heavy atom. The van der Waals surface area contributed by atoms with Crippen LogP contribution >= 0.6 is 27.7 Å². The first kappa shape index (κ1) is 19.5. The number of hydrogen-bond donors (Lipinski definition) is 1. The lowest BCUT2D eigenvalue weighted by molar-refractivity contribution is -0.132. The first-order chi connectivity index (χ1) is 13.1. The van der Waals surface area contributed by atoms with Gasteiger partial charge in [-0.25, -0.2) is 0 Å². The average molecular weight is 447 g/mol. The number of rotatable bonds is 5. The monoisotopic (exact) mass is 446 g/mol. The highest BCUT2D eigenvalue weighted by atomic mass is 79.9. The quantitative estimate of drug-likeness (QED) is 0.704. The number of amides is 2. The third-order valence-electron chi connectivity index (χ3n) is 4.14. The summed E-state index contributed by atoms with van der Waals surface area (Å²) >= 11 is 5.03. The zero-order chi connectivity index (χ0) is 19.2. The van der Waals surface area contributed by atoms with Gasteiger partial charge in [0.25, 0.3) is 0 Å². The molecule has 2 amide bonds. The normalized spacial score (nSPS) is 16.5. The molecule has 0 bridgehead atoms. The molecule has 1 atom stereocenters. The van der Waals surface area contributed by atoms with E-state index < -0.39 is 6.04 Å². The van der Waals surface area contributed by atoms with Gasteiger partial charge >= 0.3 is 0 Å². The Labute approximate surface area is 170 Å². The molecule has 2 aromatic rings. The molecule has 1 unspecified atom stereocenters. The van der Waals surface area contributed by atoms with Gasteiger partial charge in [-0.1, -0.05) is 34.1 Å². The minimum atomic E-state index is -0.492. The molecule has 1 saturated heterocycles. The predicted octanol–water partition coefficient (Wildman–Crippen LogP) is 4.01. The predicted molar refractivity (Wildman–Crippen MR) is 113 cm³/mol. The van der Waals surface area contributed by atoms with Crippen LogP contribution in [-0.2, 0) is 9.59 Å². The lowest BCUT2D eigenvalue weighted by atomic mass is 10.2. The maximum atomic E-state index is 12.6. The molecule has 1 N–H and O–H groups in total. The third kappa shape index (κ3) is 4.93. The van der Waals surface area contributed by atoms with Crippen LogP contribution in [-0.4, -0.2) is 41.5 Å². The second-order valence-corrected chi connectivity index (χ2v) is 7.75. The van der Waals surface area contributed by atoms with Gasteiger partial charge in [-0.3, -0.25) is 9.59 Å². The highest BCUT2D eigenvalue weighted by Crippen LogP contribution is 2.24. The number of nitrogens with one attached hydrogen (secondary N) is 1. The van der Waals surface area contributed by atoms with Crippen LogP contribution in [0.5, 0.6) is 5.75 Å². The van der Waals surface area contributed by atoms with Crippen LogP contribution in [0.25, 0.3) is 6.08 Å². The summed E-state index contributed by atoms with van der Waals surface area (Å²) < 4.78 is 6.03. The Morgan fingerprint density at radius 1 is 1.22 bits per heavy atom. The van der Waals surface area contributed by atoms with Crippen LogP contribution in [0.1, 0.15) is 5.56 Å². The average Bonchev–Trinajstić information content (AvgIpc) is 3.18. The van der Waals surface area contributed by atoms with Crippen molar-refractivity contribution in [1.82, 2.24) is 4.90 Å². The lowest BCUT2D eigenvalue weighted by Gasteiger charge is -2.21. The van der Waals surface area contributed by atoms with Gasteiger partial charge in [-0.2, -0.15) is 0 Å². The number of thioether (sulfide) groups is 1. The summed E-state index contributed by atoms with van der Waals surface area (Å²) in [7, 11) is 1.59. The number of ether oxygens (including phenoxy) is 1. The minimum Gasteiger partial charge on any atom is -0.497 e. The van der Waals surface area contributed by atoms with E-state index in [9.17, 15) is 9.59 Å². The van der Waals surface area contributed by atoms with E-state index in [4.69, 9.17) is 4.74 Å². The molecule has 140 valence electrons. The van der Waals surface area contributed by atoms with Gasteiger partial charge in [-0.15, -0.1) is 11.8 Å². The first-order valence-electron chi connectivity index (χ1n) is 8.34. The van der Waals surface area contributed by atoms with Gasteiger partial charge < -0.3 is 15.0 Å². The Kier molecular flexibility index (Phi) is 6.58. The summed E-state index contributed by atoms with van der Waals surface area (Å²) in [5.74, 6) is 1.44. The Hall–Kier alpha value is -2.25. The smallest absolute Gasteiger partial charge is 0.248 e. The molecule has 1 aliphatic heterocycles. The fourth-order valence-electron chi connectivity index (χ4n) is 2.64. The molecule has 0 radical (unpaired) electrons. The summed E-state index contributed by atoms with van der Waals surface area (Å²) in [4.78, 5) is 26.8. The van der Waals surface area contributed by atoms with Crippen molar-refractivity contribution in [2.75, 3.05) is 24.1 Å². The van der Waals surface area contributed by atoms with Crippen molar-refractivity contribution < 1.29 is 14.3 Å². The van der Waals surface area contributed by atoms with Crippen LogP contribution in [0.4, 0.5) is 5.69 Å². The second-order valence-electron chi connectivity index (χ2n) is 5.90. The molecule has 3 rings (SSSR count). The topological polar surface area (TPSA) is 58.6 Å². The first-order valence-corrected chi connectivity index (χ1v) is 10.3. The summed E-state index contributed by atoms with van der Waals surface area (Å²) in [5, 5.41) is 2.87. The molecule has 2 aromatic carbocycles. The van der Waals surface area contributed by atoms with Crippen molar-refractivity contribution in [2.24, 2.45) is 0 Å². The molecular weight excluding hydrogens is 428 g/mol. The van der Waals surface area contributed by atoms with Crippen molar-refractivity contribution in [3.8, 4) is 5.75 Å². The summed E-state index contributed by atoms with van der Waals surface area (Å²) in [5.41, 5.74) is 1.59. The summed E-state index contributed by atoms with van der Waals surface area (Å²) in [6.07, 6.45) is 3.27. The van der Waals surface area contributed by atoms with Gasteiger partial charge in [0.1, 0.15) is 11.8 Å². The van der Waals surface area contributed by atoms with Crippen LogP contribution < -0.4 is 10.1 Å². The van der Waals surface area contributed by atoms with E-state index in [0.717, 1.165) is 15.8 Å². The van der Waals surface area contributed by atoms with E-state index in [2.05, 4.69) is 21.2 Å². The van der Waals surface area contributed by atoms with Crippen LogP contribution in [0, 0.1) is 0 Å². The lowest BCUT2D eigenvalue weighted by Crippen LogP contribution is -2.43. The number of nitrogens with zero attached hydrogens (tertiary/aromatic N) is 1. The number of carbonyl (C=O) groups is 2. The van der Waals surface area contributed by atoms with Crippen molar-refractivity contribution in [2.45, 2.75) is 6.04 Å². The van der Waals surface area contributed by atoms with Crippen LogP contribution in [0.2, 0.25) is 0 Å². The van der Waals surface area contributed by atoms with Crippen molar-refractivity contribution >= 4 is 51.3 Å². The Balaban J connectivity index is 1.65. The zero-order valence-corrected chi connectivity index (χ0v) is 17.1. The molecular formula is C20H19BrN2O3S. The highest BCUT2D eigenvalue weighted by Gasteiger charge is 2.33. The number of benzene rings is 2. The van der Waals surface area contributed by atoms with Crippen LogP contribution in [0.3, 0.4) is 0 Å². The standard InChI is InChI=1S/C20H19BrN2O3S/c1-26-16-9-7-15(8-10-16)22-20(25)18-12-27-13-23(18)19(24)11-6-14-4-2-3-5-17(14)21/h2-11,18H,12-13H2,1H3,(H,22,25)/b11-6+. The highest BCUT2D eigenvalue weighted by molar-refractivity contribution is 9.10. The SMILES string of the molecule is COc1ccc(NC(=O)C2CSCN2C(=O)/C=C/c2ccccc2Br)cc1. The van der Waals surface area contributed by atoms with E-state index in [-0.39, 0.29) is 11.8 Å². The molecule has 27 heavy (non-hydrogen) atoms. The number of halogens is 1. The van der Waals surface area contributed by atoms with Crippen molar-refractivity contribution in [1.29, 1.82) is 0 Å². The van der Waals surface area contributed by atoms with Gasteiger partial charge in [0, 0.05) is 22.0 Å². The van der Waals surface area contributed by atoms with Gasteiger partial charge in [0.05, 0.1) is 13.0 Å². The fourth-order valence-corrected chi connectivity index (χ4v) is 4.22. The van der Waals surface area contributed by atoms with E-state index in [1.807, 2.05) is 24.3 Å². The number of methoxy groups -OCH3 is 1. The molecule has 5 nitrogen and oxygen atoms in total. The maximum absolute atomic E-state index is 12.6.